The second-order valence-corrected chi connectivity index (χ2v) is 7.84. The fourth-order valence-corrected chi connectivity index (χ4v) is 3.36. The summed E-state index contributed by atoms with van der Waals surface area (Å²) in [5, 5.41) is 0. The Morgan fingerprint density at radius 1 is 1.17 bits per heavy atom. The Labute approximate surface area is 178 Å². The highest BCUT2D eigenvalue weighted by atomic mass is 19.1. The van der Waals surface area contributed by atoms with Crippen LogP contribution < -0.4 is 0 Å². The largest absolute Gasteiger partial charge is 0.462 e. The van der Waals surface area contributed by atoms with E-state index in [1.807, 2.05) is 30.4 Å². The minimum absolute atomic E-state index is 0.0611. The number of carbonyl (C=O) groups is 2. The van der Waals surface area contributed by atoms with Crippen LogP contribution in [0.3, 0.4) is 0 Å². The first kappa shape index (κ1) is 21.9. The molecule has 0 saturated heterocycles. The van der Waals surface area contributed by atoms with Gasteiger partial charge in [0.05, 0.1) is 0 Å². The van der Waals surface area contributed by atoms with Gasteiger partial charge in [-0.2, -0.15) is 0 Å². The van der Waals surface area contributed by atoms with Crippen molar-refractivity contribution < 1.29 is 18.7 Å². The molecule has 158 valence electrons. The second kappa shape index (κ2) is 11.4. The first-order chi connectivity index (χ1) is 14.6. The van der Waals surface area contributed by atoms with Gasteiger partial charge in [-0.15, -0.1) is 0 Å². The Kier molecular flexibility index (Phi) is 8.37. The lowest BCUT2D eigenvalue weighted by molar-refractivity contribution is -0.144. The van der Waals surface area contributed by atoms with Crippen molar-refractivity contribution in [2.45, 2.75) is 57.5 Å². The van der Waals surface area contributed by atoms with E-state index in [0.29, 0.717) is 6.42 Å². The molecule has 2 aliphatic carbocycles. The predicted octanol–water partition coefficient (Wildman–Crippen LogP) is 5.82. The number of carbonyl (C=O) groups excluding carboxylic acids is 2. The lowest BCUT2D eigenvalue weighted by Gasteiger charge is -2.06. The average Bonchev–Trinajstić information content (AvgIpc) is 3.47. The molecule has 3 nitrogen and oxygen atoms in total. The zero-order chi connectivity index (χ0) is 21.2. The van der Waals surface area contributed by atoms with Crippen LogP contribution in [-0.4, -0.2) is 17.9 Å². The summed E-state index contributed by atoms with van der Waals surface area (Å²) in [5.41, 5.74) is 1.77. The maximum atomic E-state index is 13.2. The van der Waals surface area contributed by atoms with Crippen molar-refractivity contribution in [2.24, 2.45) is 5.92 Å². The van der Waals surface area contributed by atoms with E-state index in [1.165, 1.54) is 6.07 Å². The van der Waals surface area contributed by atoms with E-state index >= 15 is 0 Å². The highest BCUT2D eigenvalue weighted by Gasteiger charge is 2.25. The number of benzene rings is 1. The third kappa shape index (κ3) is 7.58. The fourth-order valence-electron chi connectivity index (χ4n) is 3.36. The molecule has 0 amide bonds. The van der Waals surface area contributed by atoms with Crippen LogP contribution in [-0.2, 0) is 20.7 Å². The quantitative estimate of drug-likeness (QED) is 0.201. The van der Waals surface area contributed by atoms with Crippen molar-refractivity contribution in [3.63, 3.8) is 0 Å². The van der Waals surface area contributed by atoms with E-state index in [-0.39, 0.29) is 29.6 Å². The van der Waals surface area contributed by atoms with E-state index in [0.717, 1.165) is 56.1 Å². The maximum Gasteiger partial charge on any atom is 0.306 e. The number of halogens is 1. The highest BCUT2D eigenvalue weighted by molar-refractivity contribution is 6.07. The number of hydrogen-bond donors (Lipinski definition) is 0. The van der Waals surface area contributed by atoms with Gasteiger partial charge < -0.3 is 4.74 Å². The van der Waals surface area contributed by atoms with Gasteiger partial charge in [0.25, 0.3) is 0 Å². The molecule has 30 heavy (non-hydrogen) atoms. The van der Waals surface area contributed by atoms with Gasteiger partial charge in [0.1, 0.15) is 11.9 Å². The van der Waals surface area contributed by atoms with E-state index in [1.54, 1.807) is 18.2 Å². The van der Waals surface area contributed by atoms with Gasteiger partial charge in [0, 0.05) is 17.9 Å². The van der Waals surface area contributed by atoms with Crippen LogP contribution >= 0.6 is 0 Å². The van der Waals surface area contributed by atoms with Crippen molar-refractivity contribution >= 4 is 11.8 Å². The molecule has 0 bridgehead atoms. The number of esters is 1. The third-order valence-electron chi connectivity index (χ3n) is 5.20. The molecule has 0 heterocycles. The molecule has 0 aliphatic heterocycles. The first-order valence-corrected chi connectivity index (χ1v) is 10.8. The predicted molar refractivity (Wildman–Crippen MR) is 116 cm³/mol. The Hall–Kier alpha value is -2.75. The number of allylic oxidation sites excluding steroid dienone is 8. The minimum Gasteiger partial charge on any atom is -0.462 e. The Morgan fingerprint density at radius 3 is 2.83 bits per heavy atom. The van der Waals surface area contributed by atoms with Crippen molar-refractivity contribution in [2.75, 3.05) is 0 Å². The first-order valence-electron chi connectivity index (χ1n) is 10.8. The van der Waals surface area contributed by atoms with E-state index < -0.39 is 0 Å². The fraction of sp³-hybridized carbons (Fsp3) is 0.385. The summed E-state index contributed by atoms with van der Waals surface area (Å²) in [4.78, 5) is 23.6. The van der Waals surface area contributed by atoms with Gasteiger partial charge in [-0.05, 0) is 68.7 Å². The molecule has 3 rings (SSSR count). The average molecular weight is 409 g/mol. The zero-order valence-corrected chi connectivity index (χ0v) is 17.3. The molecule has 0 aromatic heterocycles. The Bertz CT molecular complexity index is 859. The number of ether oxygens (including phenoxy) is 1. The number of rotatable bonds is 11. The molecular formula is C26H29FO3. The minimum atomic E-state index is -0.213. The molecule has 0 unspecified atom stereocenters. The molecule has 1 aromatic carbocycles. The Balaban J connectivity index is 1.37. The topological polar surface area (TPSA) is 43.4 Å². The lowest BCUT2D eigenvalue weighted by Crippen LogP contribution is -2.05. The van der Waals surface area contributed by atoms with Crippen LogP contribution in [0.4, 0.5) is 4.39 Å². The van der Waals surface area contributed by atoms with Gasteiger partial charge in [-0.1, -0.05) is 48.6 Å². The SMILES string of the molecule is O=C(CCC/C=C\C[C@H]1C=CC(=O)/C1=C/C=C/CCc1cccc(F)c1)OC1CC1. The molecule has 0 radical (unpaired) electrons. The van der Waals surface area contributed by atoms with Crippen molar-refractivity contribution in [3.05, 3.63) is 83.8 Å². The van der Waals surface area contributed by atoms with Gasteiger partial charge in [0.2, 0.25) is 0 Å². The third-order valence-corrected chi connectivity index (χ3v) is 5.20. The summed E-state index contributed by atoms with van der Waals surface area (Å²) in [6, 6.07) is 6.63. The maximum absolute atomic E-state index is 13.2. The molecule has 1 fully saturated rings. The van der Waals surface area contributed by atoms with Gasteiger partial charge in [-0.3, -0.25) is 9.59 Å². The van der Waals surface area contributed by atoms with Crippen LogP contribution in [0.15, 0.2) is 72.4 Å². The monoisotopic (exact) mass is 408 g/mol. The second-order valence-electron chi connectivity index (χ2n) is 7.84. The van der Waals surface area contributed by atoms with Crippen LogP contribution in [0, 0.1) is 11.7 Å². The van der Waals surface area contributed by atoms with Crippen LogP contribution in [0.5, 0.6) is 0 Å². The summed E-state index contributed by atoms with van der Waals surface area (Å²) < 4.78 is 18.4. The summed E-state index contributed by atoms with van der Waals surface area (Å²) in [5.74, 6) is -0.146. The van der Waals surface area contributed by atoms with Crippen LogP contribution in [0.25, 0.3) is 0 Å². The van der Waals surface area contributed by atoms with E-state index in [4.69, 9.17) is 4.74 Å². The molecule has 1 atom stereocenters. The van der Waals surface area contributed by atoms with Crippen LogP contribution in [0.2, 0.25) is 0 Å². The van der Waals surface area contributed by atoms with Crippen LogP contribution in [0.1, 0.15) is 50.5 Å². The molecule has 4 heteroatoms. The number of hydrogen-bond acceptors (Lipinski definition) is 3. The molecule has 0 spiro atoms. The van der Waals surface area contributed by atoms with Gasteiger partial charge >= 0.3 is 5.97 Å². The smallest absolute Gasteiger partial charge is 0.306 e. The summed E-state index contributed by atoms with van der Waals surface area (Å²) in [6.07, 6.45) is 20.2. The summed E-state index contributed by atoms with van der Waals surface area (Å²) in [6.45, 7) is 0. The molecule has 1 aromatic rings. The Morgan fingerprint density at radius 2 is 2.03 bits per heavy atom. The molecule has 1 saturated carbocycles. The van der Waals surface area contributed by atoms with Crippen molar-refractivity contribution in [1.29, 1.82) is 0 Å². The zero-order valence-electron chi connectivity index (χ0n) is 17.3. The summed E-state index contributed by atoms with van der Waals surface area (Å²) >= 11 is 0. The van der Waals surface area contributed by atoms with Gasteiger partial charge in [-0.25, -0.2) is 4.39 Å². The van der Waals surface area contributed by atoms with E-state index in [2.05, 4.69) is 12.2 Å². The summed E-state index contributed by atoms with van der Waals surface area (Å²) in [7, 11) is 0. The van der Waals surface area contributed by atoms with Crippen molar-refractivity contribution in [3.8, 4) is 0 Å². The number of ketones is 1. The molecule has 0 N–H and O–H groups in total. The molecule has 2 aliphatic rings. The molecular weight excluding hydrogens is 379 g/mol. The van der Waals surface area contributed by atoms with Crippen molar-refractivity contribution in [1.82, 2.24) is 0 Å². The van der Waals surface area contributed by atoms with E-state index in [9.17, 15) is 14.0 Å². The highest BCUT2D eigenvalue weighted by Crippen LogP contribution is 2.26. The lowest BCUT2D eigenvalue weighted by atomic mass is 9.97. The standard InChI is InChI=1S/C26H29FO3/c27-22-12-8-10-20(19-22)9-4-3-6-13-24-21(15-18-25(24)28)11-5-1-2-7-14-26(29)30-23-16-17-23/h1,3,5-6,8,10,12-13,15,18-19,21,23H,2,4,7,9,11,14,16-17H2/b5-1-,6-3+,24-13+/t21-/m0/s1. The number of unbranched alkanes of at least 4 members (excludes halogenated alkanes) is 1. The number of aryl methyl sites for hydroxylation is 1. The van der Waals surface area contributed by atoms with Gasteiger partial charge in [0.15, 0.2) is 5.78 Å². The normalized spacial score (nSPS) is 20.1.